The van der Waals surface area contributed by atoms with Gasteiger partial charge in [0.25, 0.3) is 0 Å². The van der Waals surface area contributed by atoms with Crippen LogP contribution in [0.3, 0.4) is 0 Å². The van der Waals surface area contributed by atoms with Crippen molar-refractivity contribution >= 4 is 23.2 Å². The quantitative estimate of drug-likeness (QED) is 0.516. The van der Waals surface area contributed by atoms with Crippen molar-refractivity contribution in [2.45, 2.75) is 46.0 Å². The molecule has 186 valence electrons. The molecule has 3 aromatic rings. The number of hydrogen-bond acceptors (Lipinski definition) is 5. The first-order valence-corrected chi connectivity index (χ1v) is 12.4. The second kappa shape index (κ2) is 10.4. The highest BCUT2D eigenvalue weighted by atomic mass is 16.2. The SMILES string of the molecule is CN=CC(=CN)c1cc(-c2ccc(C3CCN(C(=O)CC(C)(C)C)CC3)cc2)c2c(C#N)cnn2c1. The maximum Gasteiger partial charge on any atom is 0.223 e. The van der Waals surface area contributed by atoms with Gasteiger partial charge in [0.05, 0.1) is 17.3 Å². The minimum absolute atomic E-state index is 0.0114. The number of pyridine rings is 1. The largest absolute Gasteiger partial charge is 0.404 e. The molecule has 1 aliphatic rings. The molecule has 1 fully saturated rings. The number of likely N-dealkylation sites (tertiary alicyclic amines) is 1. The van der Waals surface area contributed by atoms with Gasteiger partial charge in [0.1, 0.15) is 6.07 Å². The van der Waals surface area contributed by atoms with Gasteiger partial charge >= 0.3 is 0 Å². The van der Waals surface area contributed by atoms with Crippen molar-refractivity contribution in [2.75, 3.05) is 20.1 Å². The van der Waals surface area contributed by atoms with Crippen LogP contribution in [-0.4, -0.2) is 46.8 Å². The molecule has 4 rings (SSSR count). The summed E-state index contributed by atoms with van der Waals surface area (Å²) in [7, 11) is 1.70. The van der Waals surface area contributed by atoms with Crippen LogP contribution in [0.25, 0.3) is 22.2 Å². The van der Waals surface area contributed by atoms with E-state index < -0.39 is 0 Å². The summed E-state index contributed by atoms with van der Waals surface area (Å²) in [5.74, 6) is 0.689. The molecule has 0 aliphatic carbocycles. The van der Waals surface area contributed by atoms with E-state index in [1.165, 1.54) is 11.8 Å². The Bertz CT molecular complexity index is 1340. The molecule has 1 aromatic carbocycles. The van der Waals surface area contributed by atoms with Crippen LogP contribution in [0, 0.1) is 16.7 Å². The van der Waals surface area contributed by atoms with E-state index in [1.54, 1.807) is 24.0 Å². The van der Waals surface area contributed by atoms with Gasteiger partial charge < -0.3 is 10.6 Å². The molecule has 2 aromatic heterocycles. The van der Waals surface area contributed by atoms with E-state index in [0.717, 1.165) is 53.7 Å². The molecule has 0 atom stereocenters. The molecule has 1 saturated heterocycles. The highest BCUT2D eigenvalue weighted by Gasteiger charge is 2.26. The Hall–Kier alpha value is -3.92. The Morgan fingerprint density at radius 1 is 1.25 bits per heavy atom. The lowest BCUT2D eigenvalue weighted by Gasteiger charge is -2.34. The second-order valence-electron chi connectivity index (χ2n) is 10.6. The Balaban J connectivity index is 1.59. The number of fused-ring (bicyclic) bond motifs is 1. The predicted molar refractivity (Wildman–Crippen MR) is 145 cm³/mol. The molecule has 0 saturated carbocycles. The standard InChI is InChI=1S/C29H34N6O/c1-29(2,3)14-27(36)34-11-9-21(10-12-34)20-5-7-22(8-6-20)26-13-23(24(15-30)17-32-4)19-35-28(26)25(16-31)18-33-35/h5-8,13,15,17-19,21H,9-12,14,30H2,1-4H3. The van der Waals surface area contributed by atoms with Gasteiger partial charge in [0.2, 0.25) is 5.91 Å². The van der Waals surface area contributed by atoms with Gasteiger partial charge in [0, 0.05) is 61.9 Å². The summed E-state index contributed by atoms with van der Waals surface area (Å²) in [5.41, 5.74) is 12.0. The monoisotopic (exact) mass is 482 g/mol. The second-order valence-corrected chi connectivity index (χ2v) is 10.6. The van der Waals surface area contributed by atoms with Crippen LogP contribution in [0.5, 0.6) is 0 Å². The Morgan fingerprint density at radius 3 is 2.53 bits per heavy atom. The summed E-state index contributed by atoms with van der Waals surface area (Å²) >= 11 is 0. The first-order valence-electron chi connectivity index (χ1n) is 12.4. The van der Waals surface area contributed by atoms with Gasteiger partial charge in [0.15, 0.2) is 0 Å². The number of carbonyl (C=O) groups excluding carboxylic acids is 1. The van der Waals surface area contributed by atoms with Crippen LogP contribution in [-0.2, 0) is 4.79 Å². The van der Waals surface area contributed by atoms with Crippen molar-refractivity contribution in [3.63, 3.8) is 0 Å². The number of aliphatic imine (C=N–C) groups is 1. The number of hydrogen-bond donors (Lipinski definition) is 1. The number of nitriles is 1. The number of aromatic nitrogens is 2. The number of nitrogens with zero attached hydrogens (tertiary/aromatic N) is 5. The maximum absolute atomic E-state index is 12.6. The zero-order valence-electron chi connectivity index (χ0n) is 21.5. The molecule has 7 nitrogen and oxygen atoms in total. The number of piperidine rings is 1. The Morgan fingerprint density at radius 2 is 1.94 bits per heavy atom. The van der Waals surface area contributed by atoms with Gasteiger partial charge in [-0.2, -0.15) is 10.4 Å². The lowest BCUT2D eigenvalue weighted by Crippen LogP contribution is -2.39. The predicted octanol–water partition coefficient (Wildman–Crippen LogP) is 5.02. The van der Waals surface area contributed by atoms with Gasteiger partial charge in [-0.3, -0.25) is 9.79 Å². The minimum atomic E-state index is 0.0114. The van der Waals surface area contributed by atoms with E-state index in [9.17, 15) is 10.1 Å². The van der Waals surface area contributed by atoms with Crippen LogP contribution in [0.4, 0.5) is 0 Å². The summed E-state index contributed by atoms with van der Waals surface area (Å²) in [6, 6.07) is 12.9. The van der Waals surface area contributed by atoms with Crippen molar-refractivity contribution in [1.29, 1.82) is 5.26 Å². The summed E-state index contributed by atoms with van der Waals surface area (Å²) < 4.78 is 1.73. The molecule has 3 heterocycles. The molecule has 0 radical (unpaired) electrons. The van der Waals surface area contributed by atoms with Crippen LogP contribution in [0.2, 0.25) is 0 Å². The third-order valence-electron chi connectivity index (χ3n) is 6.74. The zero-order valence-corrected chi connectivity index (χ0v) is 21.5. The van der Waals surface area contributed by atoms with E-state index in [2.05, 4.69) is 61.2 Å². The summed E-state index contributed by atoms with van der Waals surface area (Å²) in [5, 5.41) is 14.1. The van der Waals surface area contributed by atoms with Gasteiger partial charge in [-0.1, -0.05) is 45.0 Å². The lowest BCUT2D eigenvalue weighted by molar-refractivity contribution is -0.134. The number of amides is 1. The van der Waals surface area contributed by atoms with Crippen molar-refractivity contribution in [1.82, 2.24) is 14.5 Å². The smallest absolute Gasteiger partial charge is 0.223 e. The first-order chi connectivity index (χ1) is 17.2. The van der Waals surface area contributed by atoms with Crippen LogP contribution >= 0.6 is 0 Å². The highest BCUT2D eigenvalue weighted by Crippen LogP contribution is 2.34. The van der Waals surface area contributed by atoms with E-state index >= 15 is 0 Å². The van der Waals surface area contributed by atoms with E-state index in [-0.39, 0.29) is 11.3 Å². The van der Waals surface area contributed by atoms with Crippen LogP contribution in [0.15, 0.2) is 53.9 Å². The average molecular weight is 483 g/mol. The van der Waals surface area contributed by atoms with Crippen molar-refractivity contribution in [3.05, 3.63) is 65.6 Å². The van der Waals surface area contributed by atoms with Crippen molar-refractivity contribution < 1.29 is 4.79 Å². The maximum atomic E-state index is 12.6. The molecule has 1 amide bonds. The Labute approximate surface area is 212 Å². The van der Waals surface area contributed by atoms with Crippen molar-refractivity contribution in [2.24, 2.45) is 16.1 Å². The third-order valence-corrected chi connectivity index (χ3v) is 6.74. The van der Waals surface area contributed by atoms with E-state index in [0.29, 0.717) is 17.9 Å². The molecule has 0 spiro atoms. The van der Waals surface area contributed by atoms with Crippen LogP contribution < -0.4 is 5.73 Å². The molecular formula is C29H34N6O. The molecular weight excluding hydrogens is 448 g/mol. The van der Waals surface area contributed by atoms with E-state index in [4.69, 9.17) is 5.73 Å². The summed E-state index contributed by atoms with van der Waals surface area (Å²) in [4.78, 5) is 18.7. The number of benzene rings is 1. The van der Waals surface area contributed by atoms with Crippen molar-refractivity contribution in [3.8, 4) is 17.2 Å². The average Bonchev–Trinajstić information content (AvgIpc) is 3.29. The highest BCUT2D eigenvalue weighted by molar-refractivity contribution is 6.10. The molecule has 1 aliphatic heterocycles. The van der Waals surface area contributed by atoms with Crippen LogP contribution in [0.1, 0.15) is 62.6 Å². The van der Waals surface area contributed by atoms with Gasteiger partial charge in [-0.05, 0) is 41.4 Å². The third kappa shape index (κ3) is 5.33. The molecule has 36 heavy (non-hydrogen) atoms. The molecule has 0 unspecified atom stereocenters. The lowest BCUT2D eigenvalue weighted by atomic mass is 9.87. The minimum Gasteiger partial charge on any atom is -0.404 e. The first kappa shape index (κ1) is 25.2. The summed E-state index contributed by atoms with van der Waals surface area (Å²) in [6.45, 7) is 7.93. The summed E-state index contributed by atoms with van der Waals surface area (Å²) in [6.07, 6.45) is 9.21. The normalized spacial score (nSPS) is 15.5. The fourth-order valence-electron chi connectivity index (χ4n) is 4.90. The number of nitrogens with two attached hydrogens (primary N) is 1. The van der Waals surface area contributed by atoms with Gasteiger partial charge in [-0.25, -0.2) is 4.52 Å². The molecule has 0 bridgehead atoms. The van der Waals surface area contributed by atoms with Gasteiger partial charge in [-0.15, -0.1) is 0 Å². The fourth-order valence-corrected chi connectivity index (χ4v) is 4.90. The molecule has 7 heteroatoms. The number of allylic oxidation sites excluding steroid dienone is 1. The zero-order chi connectivity index (χ0) is 25.9. The van der Waals surface area contributed by atoms with E-state index in [1.807, 2.05) is 17.2 Å². The topological polar surface area (TPSA) is 99.8 Å². The number of rotatable bonds is 5. The molecule has 2 N–H and O–H groups in total. The Kier molecular flexibility index (Phi) is 7.25. The number of carbonyl (C=O) groups is 1. The fraction of sp³-hybridized carbons (Fsp3) is 0.379.